The molecule has 0 amide bonds. The molecule has 0 atom stereocenters. The number of nitrogens with zero attached hydrogens (tertiary/aromatic N) is 3. The fourth-order valence-electron chi connectivity index (χ4n) is 3.42. The van der Waals surface area contributed by atoms with Crippen molar-refractivity contribution in [2.75, 3.05) is 13.0 Å². The summed E-state index contributed by atoms with van der Waals surface area (Å²) in [6.45, 7) is 2.02. The molecule has 2 aromatic heterocycles. The molecule has 2 heterocycles. The van der Waals surface area contributed by atoms with Gasteiger partial charge in [-0.3, -0.25) is 4.79 Å². The molecule has 4 rings (SSSR count). The molecule has 2 N–H and O–H groups in total. The van der Waals surface area contributed by atoms with E-state index in [2.05, 4.69) is 5.10 Å². The second-order valence-corrected chi connectivity index (χ2v) is 6.42. The number of aryl methyl sites for hydroxylation is 1. The highest BCUT2D eigenvalue weighted by molar-refractivity contribution is 6.15. The summed E-state index contributed by atoms with van der Waals surface area (Å²) in [7, 11) is 1.60. The molecule has 0 bridgehead atoms. The monoisotopic (exact) mass is 372 g/mol. The van der Waals surface area contributed by atoms with Crippen molar-refractivity contribution in [3.8, 4) is 17.0 Å². The smallest absolute Gasteiger partial charge is 0.195 e. The molecule has 4 aromatic rings. The maximum Gasteiger partial charge on any atom is 0.195 e. The molecular weight excluding hydrogens is 352 g/mol. The standard InChI is InChI=1S/C22H20N4O2/c1-3-17-18-13-24-26(23)22(18)25-20(14-7-5-4-6-8-14)19(17)21(27)15-9-11-16(28-2)12-10-15/h4-13H,3,23H2,1-2H3. The minimum Gasteiger partial charge on any atom is -0.497 e. The predicted octanol–water partition coefficient (Wildman–Crippen LogP) is 3.61. The first-order chi connectivity index (χ1) is 13.6. The summed E-state index contributed by atoms with van der Waals surface area (Å²) in [4.78, 5) is 19.5. The summed E-state index contributed by atoms with van der Waals surface area (Å²) in [5, 5.41) is 4.93. The largest absolute Gasteiger partial charge is 0.497 e. The van der Waals surface area contributed by atoms with Crippen molar-refractivity contribution in [2.24, 2.45) is 0 Å². The summed E-state index contributed by atoms with van der Waals surface area (Å²) in [6, 6.07) is 16.8. The van der Waals surface area contributed by atoms with Crippen LogP contribution in [0.2, 0.25) is 0 Å². The highest BCUT2D eigenvalue weighted by Crippen LogP contribution is 2.32. The Kier molecular flexibility index (Phi) is 4.53. The third-order valence-electron chi connectivity index (χ3n) is 4.83. The molecule has 0 radical (unpaired) electrons. The lowest BCUT2D eigenvalue weighted by Gasteiger charge is -2.14. The van der Waals surface area contributed by atoms with E-state index in [0.717, 1.165) is 16.5 Å². The van der Waals surface area contributed by atoms with E-state index in [-0.39, 0.29) is 5.78 Å². The van der Waals surface area contributed by atoms with E-state index in [4.69, 9.17) is 15.6 Å². The number of carbonyl (C=O) groups excluding carboxylic acids is 1. The molecule has 0 aliphatic carbocycles. The van der Waals surface area contributed by atoms with Gasteiger partial charge in [-0.1, -0.05) is 37.3 Å². The Bertz CT molecular complexity index is 1150. The Morgan fingerprint density at radius 2 is 1.82 bits per heavy atom. The average Bonchev–Trinajstić information content (AvgIpc) is 3.13. The first kappa shape index (κ1) is 17.7. The number of pyridine rings is 1. The Morgan fingerprint density at radius 3 is 2.46 bits per heavy atom. The van der Waals surface area contributed by atoms with Crippen molar-refractivity contribution >= 4 is 16.8 Å². The van der Waals surface area contributed by atoms with Gasteiger partial charge in [0.1, 0.15) is 5.75 Å². The molecule has 6 heteroatoms. The molecule has 0 unspecified atom stereocenters. The third kappa shape index (κ3) is 2.89. The summed E-state index contributed by atoms with van der Waals surface area (Å²) in [6.07, 6.45) is 2.32. The van der Waals surface area contributed by atoms with Crippen molar-refractivity contribution in [2.45, 2.75) is 13.3 Å². The summed E-state index contributed by atoms with van der Waals surface area (Å²) in [5.74, 6) is 6.58. The molecule has 6 nitrogen and oxygen atoms in total. The molecule has 140 valence electrons. The van der Waals surface area contributed by atoms with E-state index >= 15 is 0 Å². The van der Waals surface area contributed by atoms with Crippen molar-refractivity contribution in [1.82, 2.24) is 14.9 Å². The first-order valence-electron chi connectivity index (χ1n) is 9.04. The van der Waals surface area contributed by atoms with Gasteiger partial charge in [0.05, 0.1) is 24.6 Å². The lowest BCUT2D eigenvalue weighted by molar-refractivity contribution is 0.103. The summed E-state index contributed by atoms with van der Waals surface area (Å²) in [5.41, 5.74) is 4.08. The molecule has 0 aliphatic rings. The zero-order valence-electron chi connectivity index (χ0n) is 15.7. The topological polar surface area (TPSA) is 83.0 Å². The molecule has 0 saturated carbocycles. The van der Waals surface area contributed by atoms with Crippen LogP contribution in [0, 0.1) is 0 Å². The van der Waals surface area contributed by atoms with Crippen LogP contribution in [0.15, 0.2) is 60.8 Å². The van der Waals surface area contributed by atoms with E-state index in [9.17, 15) is 4.79 Å². The van der Waals surface area contributed by atoms with E-state index in [0.29, 0.717) is 34.6 Å². The molecule has 28 heavy (non-hydrogen) atoms. The van der Waals surface area contributed by atoms with Crippen molar-refractivity contribution in [3.63, 3.8) is 0 Å². The van der Waals surface area contributed by atoms with Crippen molar-refractivity contribution < 1.29 is 9.53 Å². The Hall–Kier alpha value is -3.67. The third-order valence-corrected chi connectivity index (χ3v) is 4.83. The molecule has 0 fully saturated rings. The number of fused-ring (bicyclic) bond motifs is 1. The minimum absolute atomic E-state index is 0.0856. The van der Waals surface area contributed by atoms with Crippen LogP contribution >= 0.6 is 0 Å². The van der Waals surface area contributed by atoms with Crippen LogP contribution in [0.25, 0.3) is 22.3 Å². The number of carbonyl (C=O) groups is 1. The zero-order valence-corrected chi connectivity index (χ0v) is 15.7. The van der Waals surface area contributed by atoms with Crippen LogP contribution in [-0.2, 0) is 6.42 Å². The van der Waals surface area contributed by atoms with Gasteiger partial charge in [-0.2, -0.15) is 9.89 Å². The SMILES string of the molecule is CCc1c(C(=O)c2ccc(OC)cc2)c(-c2ccccc2)nc2c1cnn2N. The van der Waals surface area contributed by atoms with E-state index in [1.165, 1.54) is 4.79 Å². The second kappa shape index (κ2) is 7.15. The predicted molar refractivity (Wildman–Crippen MR) is 109 cm³/mol. The van der Waals surface area contributed by atoms with Gasteiger partial charge in [0.25, 0.3) is 0 Å². The second-order valence-electron chi connectivity index (χ2n) is 6.42. The van der Waals surface area contributed by atoms with Crippen molar-refractivity contribution in [3.05, 3.63) is 77.5 Å². The number of methoxy groups -OCH3 is 1. The van der Waals surface area contributed by atoms with E-state index in [1.807, 2.05) is 37.3 Å². The van der Waals surface area contributed by atoms with Crippen LogP contribution in [0.4, 0.5) is 0 Å². The lowest BCUT2D eigenvalue weighted by Crippen LogP contribution is -2.13. The maximum absolute atomic E-state index is 13.5. The number of nitrogens with two attached hydrogens (primary N) is 1. The quantitative estimate of drug-likeness (QED) is 0.427. The van der Waals surface area contributed by atoms with Crippen molar-refractivity contribution in [1.29, 1.82) is 0 Å². The Labute approximate surface area is 162 Å². The van der Waals surface area contributed by atoms with Crippen LogP contribution in [0.3, 0.4) is 0 Å². The van der Waals surface area contributed by atoms with Crippen LogP contribution < -0.4 is 10.6 Å². The Morgan fingerprint density at radius 1 is 1.11 bits per heavy atom. The zero-order chi connectivity index (χ0) is 19.7. The van der Waals surface area contributed by atoms with Gasteiger partial charge in [0.2, 0.25) is 0 Å². The fraction of sp³-hybridized carbons (Fsp3) is 0.136. The molecule has 0 aliphatic heterocycles. The average molecular weight is 372 g/mol. The van der Waals surface area contributed by atoms with Crippen LogP contribution in [-0.4, -0.2) is 27.8 Å². The number of ketones is 1. The van der Waals surface area contributed by atoms with Gasteiger partial charge in [-0.25, -0.2) is 4.98 Å². The minimum atomic E-state index is -0.0856. The number of benzene rings is 2. The number of hydrogen-bond acceptors (Lipinski definition) is 5. The number of rotatable bonds is 5. The van der Waals surface area contributed by atoms with Gasteiger partial charge < -0.3 is 10.6 Å². The van der Waals surface area contributed by atoms with Gasteiger partial charge in [-0.15, -0.1) is 0 Å². The van der Waals surface area contributed by atoms with Gasteiger partial charge in [0, 0.05) is 16.5 Å². The number of ether oxygens (including phenoxy) is 1. The van der Waals surface area contributed by atoms with E-state index < -0.39 is 0 Å². The summed E-state index contributed by atoms with van der Waals surface area (Å²) < 4.78 is 5.20. The molecule has 0 saturated heterocycles. The molecular formula is C22H20N4O2. The summed E-state index contributed by atoms with van der Waals surface area (Å²) >= 11 is 0. The van der Waals surface area contributed by atoms with E-state index in [1.54, 1.807) is 37.6 Å². The van der Waals surface area contributed by atoms with Gasteiger partial charge in [0.15, 0.2) is 11.4 Å². The molecule has 0 spiro atoms. The fourth-order valence-corrected chi connectivity index (χ4v) is 3.42. The van der Waals surface area contributed by atoms with Crippen LogP contribution in [0.5, 0.6) is 5.75 Å². The normalized spacial score (nSPS) is 10.9. The highest BCUT2D eigenvalue weighted by atomic mass is 16.5. The van der Waals surface area contributed by atoms with Gasteiger partial charge >= 0.3 is 0 Å². The first-order valence-corrected chi connectivity index (χ1v) is 9.04. The lowest BCUT2D eigenvalue weighted by atomic mass is 9.91. The number of aromatic nitrogens is 3. The number of hydrogen-bond donors (Lipinski definition) is 1. The highest BCUT2D eigenvalue weighted by Gasteiger charge is 2.24. The maximum atomic E-state index is 13.5. The molecule has 2 aromatic carbocycles. The number of nitrogen functional groups attached to an aromatic ring is 1. The van der Waals surface area contributed by atoms with Gasteiger partial charge in [-0.05, 0) is 36.2 Å². The van der Waals surface area contributed by atoms with Crippen LogP contribution in [0.1, 0.15) is 28.4 Å². The Balaban J connectivity index is 2.00.